The van der Waals surface area contributed by atoms with E-state index < -0.39 is 0 Å². The second kappa shape index (κ2) is 13.9. The van der Waals surface area contributed by atoms with Gasteiger partial charge in [-0.15, -0.1) is 45.5 Å². The summed E-state index contributed by atoms with van der Waals surface area (Å²) >= 11 is 1.73. The average molecular weight is 506 g/mol. The van der Waals surface area contributed by atoms with E-state index in [-0.39, 0.29) is 24.0 Å². The number of unbranched alkanes of at least 4 members (excludes halogenated alkanes) is 1. The Morgan fingerprint density at radius 1 is 1.26 bits per heavy atom. The molecule has 2 heterocycles. The van der Waals surface area contributed by atoms with Gasteiger partial charge >= 0.3 is 0 Å². The highest BCUT2D eigenvalue weighted by atomic mass is 127. The van der Waals surface area contributed by atoms with Gasteiger partial charge in [0, 0.05) is 31.7 Å². The molecule has 2 aromatic rings. The van der Waals surface area contributed by atoms with E-state index in [2.05, 4.69) is 50.3 Å². The van der Waals surface area contributed by atoms with Crippen molar-refractivity contribution in [1.82, 2.24) is 25.4 Å². The van der Waals surface area contributed by atoms with Crippen LogP contribution in [0.15, 0.2) is 22.5 Å². The summed E-state index contributed by atoms with van der Waals surface area (Å²) in [7, 11) is 1.96. The Balaban J connectivity index is 0.00000364. The molecule has 0 bridgehead atoms. The molecule has 0 amide bonds. The van der Waals surface area contributed by atoms with Crippen LogP contribution in [0.2, 0.25) is 0 Å². The van der Waals surface area contributed by atoms with Crippen molar-refractivity contribution in [3.63, 3.8) is 0 Å². The lowest BCUT2D eigenvalue weighted by molar-refractivity contribution is 0.129. The van der Waals surface area contributed by atoms with Crippen LogP contribution in [0.25, 0.3) is 0 Å². The molecule has 152 valence electrons. The summed E-state index contributed by atoms with van der Waals surface area (Å²) in [5, 5.41) is 17.1. The Kier molecular flexibility index (Phi) is 12.3. The van der Waals surface area contributed by atoms with Gasteiger partial charge in [-0.3, -0.25) is 0 Å². The second-order valence-electron chi connectivity index (χ2n) is 6.07. The molecule has 0 aliphatic carbocycles. The molecule has 0 radical (unpaired) electrons. The molecule has 27 heavy (non-hydrogen) atoms. The maximum Gasteiger partial charge on any atom is 0.192 e. The number of ether oxygens (including phenoxy) is 1. The van der Waals surface area contributed by atoms with Gasteiger partial charge in [0.25, 0.3) is 0 Å². The van der Waals surface area contributed by atoms with Crippen molar-refractivity contribution in [2.75, 3.05) is 19.8 Å². The Hall–Kier alpha value is -1.20. The summed E-state index contributed by atoms with van der Waals surface area (Å²) in [6, 6.07) is 4.17. The molecular formula is C18H31IN6OS. The Morgan fingerprint density at radius 3 is 2.74 bits per heavy atom. The number of hydrogen-bond donors (Lipinski definition) is 2. The number of aromatic nitrogens is 3. The third-order valence-electron chi connectivity index (χ3n) is 3.97. The van der Waals surface area contributed by atoms with Crippen LogP contribution in [-0.2, 0) is 24.9 Å². The zero-order chi connectivity index (χ0) is 18.6. The van der Waals surface area contributed by atoms with Crippen molar-refractivity contribution in [1.29, 1.82) is 0 Å². The number of nitrogens with zero attached hydrogens (tertiary/aromatic N) is 4. The molecule has 0 aromatic carbocycles. The summed E-state index contributed by atoms with van der Waals surface area (Å²) in [5.41, 5.74) is 0. The highest BCUT2D eigenvalue weighted by Crippen LogP contribution is 2.07. The Bertz CT molecular complexity index is 659. The van der Waals surface area contributed by atoms with E-state index in [1.807, 2.05) is 18.5 Å². The van der Waals surface area contributed by atoms with Crippen molar-refractivity contribution in [2.24, 2.45) is 12.0 Å². The molecule has 0 saturated heterocycles. The van der Waals surface area contributed by atoms with Gasteiger partial charge in [-0.1, -0.05) is 19.4 Å². The van der Waals surface area contributed by atoms with Gasteiger partial charge in [0.05, 0.1) is 6.54 Å². The third kappa shape index (κ3) is 9.02. The molecule has 7 nitrogen and oxygen atoms in total. The second-order valence-corrected chi connectivity index (χ2v) is 7.10. The maximum atomic E-state index is 5.60. The summed E-state index contributed by atoms with van der Waals surface area (Å²) in [6.45, 7) is 7.80. The van der Waals surface area contributed by atoms with Gasteiger partial charge < -0.3 is 19.9 Å². The molecule has 0 fully saturated rings. The highest BCUT2D eigenvalue weighted by Gasteiger charge is 2.05. The number of halogens is 1. The number of hydrogen-bond acceptors (Lipinski definition) is 5. The van der Waals surface area contributed by atoms with Gasteiger partial charge in [0.15, 0.2) is 11.8 Å². The van der Waals surface area contributed by atoms with E-state index in [0.29, 0.717) is 6.54 Å². The summed E-state index contributed by atoms with van der Waals surface area (Å²) < 4.78 is 7.56. The average Bonchev–Trinajstić information content (AvgIpc) is 3.27. The fourth-order valence-corrected chi connectivity index (χ4v) is 2.87. The molecule has 0 spiro atoms. The lowest BCUT2D eigenvalue weighted by Crippen LogP contribution is -2.37. The van der Waals surface area contributed by atoms with Crippen molar-refractivity contribution >= 4 is 41.3 Å². The minimum atomic E-state index is 0. The van der Waals surface area contributed by atoms with Crippen LogP contribution in [0.1, 0.15) is 42.7 Å². The van der Waals surface area contributed by atoms with E-state index in [0.717, 1.165) is 56.8 Å². The van der Waals surface area contributed by atoms with E-state index in [4.69, 9.17) is 4.74 Å². The molecule has 0 aliphatic heterocycles. The van der Waals surface area contributed by atoms with Gasteiger partial charge in [-0.05, 0) is 31.2 Å². The fourth-order valence-electron chi connectivity index (χ4n) is 2.23. The van der Waals surface area contributed by atoms with Crippen LogP contribution < -0.4 is 10.6 Å². The van der Waals surface area contributed by atoms with Crippen LogP contribution in [0.3, 0.4) is 0 Å². The fraction of sp³-hybridized carbons (Fsp3) is 0.611. The van der Waals surface area contributed by atoms with Crippen LogP contribution in [-0.4, -0.2) is 40.5 Å². The monoisotopic (exact) mass is 506 g/mol. The highest BCUT2D eigenvalue weighted by molar-refractivity contribution is 14.0. The molecule has 2 N–H and O–H groups in total. The SMILES string of the molecule is CCCCOCCCNC(=NCc1nnc(C)n1C)NCc1cccs1.I. The summed E-state index contributed by atoms with van der Waals surface area (Å²) in [4.78, 5) is 5.92. The maximum absolute atomic E-state index is 5.60. The number of rotatable bonds is 11. The number of nitrogens with one attached hydrogen (secondary N) is 2. The van der Waals surface area contributed by atoms with Gasteiger partial charge in [0.2, 0.25) is 0 Å². The number of guanidine groups is 1. The van der Waals surface area contributed by atoms with E-state index in [1.165, 1.54) is 11.3 Å². The zero-order valence-electron chi connectivity index (χ0n) is 16.4. The first kappa shape index (κ1) is 23.8. The van der Waals surface area contributed by atoms with Gasteiger partial charge in [0.1, 0.15) is 12.4 Å². The number of thiophene rings is 1. The standard InChI is InChI=1S/C18H30N6OS.HI/c1-4-5-10-25-11-7-9-19-18(20-13-16-8-6-12-26-16)21-14-17-23-22-15(2)24(17)3;/h6,8,12H,4-5,7,9-11,13-14H2,1-3H3,(H2,19,20,21);1H. The predicted octanol–water partition coefficient (Wildman–Crippen LogP) is 3.25. The quantitative estimate of drug-likeness (QED) is 0.212. The van der Waals surface area contributed by atoms with Gasteiger partial charge in [-0.25, -0.2) is 4.99 Å². The van der Waals surface area contributed by atoms with Crippen molar-refractivity contribution in [3.05, 3.63) is 34.0 Å². The minimum Gasteiger partial charge on any atom is -0.381 e. The van der Waals surface area contributed by atoms with Crippen LogP contribution in [0, 0.1) is 6.92 Å². The Labute approximate surface area is 183 Å². The Morgan fingerprint density at radius 2 is 2.07 bits per heavy atom. The molecule has 2 rings (SSSR count). The summed E-state index contributed by atoms with van der Waals surface area (Å²) in [5.74, 6) is 2.52. The molecule has 2 aromatic heterocycles. The largest absolute Gasteiger partial charge is 0.381 e. The first-order valence-corrected chi connectivity index (χ1v) is 10.1. The van der Waals surface area contributed by atoms with E-state index in [1.54, 1.807) is 11.3 Å². The number of aryl methyl sites for hydroxylation is 1. The smallest absolute Gasteiger partial charge is 0.192 e. The lowest BCUT2D eigenvalue weighted by Gasteiger charge is -2.12. The minimum absolute atomic E-state index is 0. The molecule has 0 atom stereocenters. The normalized spacial score (nSPS) is 11.3. The molecule has 0 saturated carbocycles. The summed E-state index contributed by atoms with van der Waals surface area (Å²) in [6.07, 6.45) is 3.25. The zero-order valence-corrected chi connectivity index (χ0v) is 19.5. The van der Waals surface area contributed by atoms with Crippen LogP contribution in [0.4, 0.5) is 0 Å². The van der Waals surface area contributed by atoms with E-state index in [9.17, 15) is 0 Å². The lowest BCUT2D eigenvalue weighted by atomic mass is 10.4. The molecular weight excluding hydrogens is 475 g/mol. The molecule has 0 aliphatic rings. The topological polar surface area (TPSA) is 76.4 Å². The molecule has 0 unspecified atom stereocenters. The van der Waals surface area contributed by atoms with Crippen molar-refractivity contribution in [2.45, 2.75) is 46.2 Å². The third-order valence-corrected chi connectivity index (χ3v) is 4.85. The first-order chi connectivity index (χ1) is 12.7. The van der Waals surface area contributed by atoms with Crippen molar-refractivity contribution in [3.8, 4) is 0 Å². The molecule has 9 heteroatoms. The van der Waals surface area contributed by atoms with E-state index >= 15 is 0 Å². The number of aliphatic imine (C=N–C) groups is 1. The predicted molar refractivity (Wildman–Crippen MR) is 122 cm³/mol. The van der Waals surface area contributed by atoms with Crippen LogP contribution in [0.5, 0.6) is 0 Å². The van der Waals surface area contributed by atoms with Gasteiger partial charge in [-0.2, -0.15) is 0 Å². The first-order valence-electron chi connectivity index (χ1n) is 9.18. The van der Waals surface area contributed by atoms with Crippen LogP contribution >= 0.6 is 35.3 Å². The van der Waals surface area contributed by atoms with Crippen molar-refractivity contribution < 1.29 is 4.74 Å².